The molecule has 0 N–H and O–H groups in total. The molecule has 0 spiro atoms. The molecule has 0 aromatic rings. The van der Waals surface area contributed by atoms with Gasteiger partial charge in [0.05, 0.1) is 0 Å². The smallest absolute Gasteiger partial charge is 0.0312 e. The summed E-state index contributed by atoms with van der Waals surface area (Å²) in [4.78, 5) is 0. The van der Waals surface area contributed by atoms with Crippen molar-refractivity contribution in [3.63, 3.8) is 0 Å². The van der Waals surface area contributed by atoms with Crippen molar-refractivity contribution in [2.24, 2.45) is 0 Å². The third-order valence-corrected chi connectivity index (χ3v) is 3.18. The van der Waals surface area contributed by atoms with Crippen LogP contribution in [0, 0.1) is 99.6 Å². The summed E-state index contributed by atoms with van der Waals surface area (Å²) in [6, 6.07) is 0. The topological polar surface area (TPSA) is 104 Å². The normalized spacial score (nSPS) is 11.2. The van der Waals surface area contributed by atoms with Crippen molar-refractivity contribution in [2.75, 3.05) is 28.2 Å². The van der Waals surface area contributed by atoms with Gasteiger partial charge in [-0.2, -0.15) is 0 Å². The molecule has 2 aliphatic rings. The fraction of sp³-hybridized carbons (Fsp3) is 0.200. The molecule has 0 saturated heterocycles. The van der Waals surface area contributed by atoms with Crippen LogP contribution in [0.4, 0.5) is 0 Å². The van der Waals surface area contributed by atoms with Crippen LogP contribution < -0.4 is 0 Å². The maximum absolute atomic E-state index is 7.50. The molecule has 0 aliphatic heterocycles. The Kier molecular flexibility index (Phi) is 52.6. The van der Waals surface area contributed by atoms with Crippen molar-refractivity contribution in [1.82, 2.24) is 0 Å². The van der Waals surface area contributed by atoms with Gasteiger partial charge in [0.15, 0.2) is 0 Å². The molecule has 2 aliphatic carbocycles. The molecule has 2 saturated carbocycles. The van der Waals surface area contributed by atoms with E-state index in [1.807, 2.05) is 101 Å². The van der Waals surface area contributed by atoms with Gasteiger partial charge in [-0.3, -0.25) is 0 Å². The summed E-state index contributed by atoms with van der Waals surface area (Å²) in [6.45, 7) is 17.6. The average Bonchev–Trinajstić information content (AvgIpc) is 3.60. The van der Waals surface area contributed by atoms with Crippen molar-refractivity contribution in [2.45, 2.75) is 0 Å². The van der Waals surface area contributed by atoms with Crippen LogP contribution in [-0.4, -0.2) is 50.3 Å². The van der Waals surface area contributed by atoms with Crippen LogP contribution in [0.1, 0.15) is 0 Å². The molecule has 8 nitrogen and oxygen atoms in total. The van der Waals surface area contributed by atoms with Gasteiger partial charge in [0, 0.05) is 0 Å². The first kappa shape index (κ1) is 41.5. The van der Waals surface area contributed by atoms with Crippen LogP contribution in [0.3, 0.4) is 0 Å². The summed E-state index contributed by atoms with van der Waals surface area (Å²) in [7, 11) is 7.72. The Bertz CT molecular complexity index is 576. The quantitative estimate of drug-likeness (QED) is 0.274. The Balaban J connectivity index is -0.000000110. The predicted octanol–water partition coefficient (Wildman–Crippen LogP) is 0.976. The van der Waals surface area contributed by atoms with Crippen LogP contribution in [0.5, 0.6) is 0 Å². The number of hydrogen-bond acceptors (Lipinski definition) is 2. The van der Waals surface area contributed by atoms with Gasteiger partial charge >= 0.3 is 152 Å². The maximum Gasteiger partial charge on any atom is -0.0312 e. The summed E-state index contributed by atoms with van der Waals surface area (Å²) >= 11 is 3.32. The van der Waals surface area contributed by atoms with Gasteiger partial charge in [0.1, 0.15) is 0 Å². The Morgan fingerprint density at radius 1 is 0.531 bits per heavy atom. The fourth-order valence-corrected chi connectivity index (χ4v) is 2.06. The second-order valence-corrected chi connectivity index (χ2v) is 5.85. The van der Waals surface area contributed by atoms with E-state index in [1.54, 1.807) is 38.3 Å². The van der Waals surface area contributed by atoms with E-state index in [-0.39, 0.29) is 13.2 Å². The fourth-order valence-electron chi connectivity index (χ4n) is 1.58. The van der Waals surface area contributed by atoms with Crippen LogP contribution in [0.25, 0.3) is 0 Å². The third kappa shape index (κ3) is 31.4. The standard InChI is InChI=1S/C6H12B2N2O2.2C5H5.4CO.2Mo/c1-9(2)7(11-5)8(12-6)10(3)4;2*1-2-4-5-3-1;4*1-2;;/h1-4H3;2*1-5H;;;;;;/q;;;;;;;2*+1. The molecule has 32 heavy (non-hydrogen) atoms. The van der Waals surface area contributed by atoms with E-state index in [0.717, 1.165) is 0 Å². The minimum atomic E-state index is -0.188. The van der Waals surface area contributed by atoms with Crippen molar-refractivity contribution < 1.29 is 75.2 Å². The van der Waals surface area contributed by atoms with E-state index >= 15 is 0 Å². The summed E-state index contributed by atoms with van der Waals surface area (Å²) in [5.41, 5.74) is 0. The van der Waals surface area contributed by atoms with E-state index in [4.69, 9.17) is 27.9 Å². The molecule has 0 unspecified atom stereocenters. The summed E-state index contributed by atoms with van der Waals surface area (Å²) in [5.74, 6) is 0. The Morgan fingerprint density at radius 2 is 0.688 bits per heavy atom. The molecule has 0 atom stereocenters. The predicted molar refractivity (Wildman–Crippen MR) is 104 cm³/mol. The largest absolute Gasteiger partial charge is 0.0312 e. The van der Waals surface area contributed by atoms with Gasteiger partial charge in [-0.05, 0) is 64.2 Å². The van der Waals surface area contributed by atoms with Gasteiger partial charge in [0.2, 0.25) is 0 Å². The second-order valence-electron chi connectivity index (χ2n) is 5.04. The monoisotopic (exact) mass is 604 g/mol. The van der Waals surface area contributed by atoms with Crippen molar-refractivity contribution in [1.29, 1.82) is 0 Å². The molecular formula is C20H22B2Mo2N2O6+2. The van der Waals surface area contributed by atoms with E-state index in [1.165, 1.54) is 0 Å². The van der Waals surface area contributed by atoms with Gasteiger partial charge in [-0.1, -0.05) is 0 Å². The molecule has 12 heteroatoms. The zero-order valence-electron chi connectivity index (χ0n) is 18.1. The Labute approximate surface area is 215 Å². The molecule has 0 heterocycles. The van der Waals surface area contributed by atoms with Crippen LogP contribution in [0.2, 0.25) is 0 Å². The summed E-state index contributed by atoms with van der Waals surface area (Å²) < 4.78 is 49.9. The number of rotatable bonds is 3. The minimum absolute atomic E-state index is 0.188. The molecule has 2 fully saturated rings. The van der Waals surface area contributed by atoms with Crippen molar-refractivity contribution in [3.8, 4) is 8.78 Å². The summed E-state index contributed by atoms with van der Waals surface area (Å²) in [6.07, 6.45) is 20.0. The molecule has 164 valence electrons. The van der Waals surface area contributed by atoms with E-state index in [0.29, 0.717) is 0 Å². The molecule has 0 bridgehead atoms. The zero-order chi connectivity index (χ0) is 26.2. The first-order chi connectivity index (χ1) is 15.5. The molecule has 0 aromatic heterocycles. The third-order valence-electron chi connectivity index (χ3n) is 2.71. The van der Waals surface area contributed by atoms with Gasteiger partial charge < -0.3 is 0 Å². The molecule has 2 rings (SSSR count). The first-order valence-electron chi connectivity index (χ1n) is 8.08. The first-order valence-corrected chi connectivity index (χ1v) is 10.1. The maximum atomic E-state index is 7.50. The average molecular weight is 600 g/mol. The molecule has 0 amide bonds. The zero-order valence-corrected chi connectivity index (χ0v) is 22.1. The van der Waals surface area contributed by atoms with E-state index < -0.39 is 0 Å². The van der Waals surface area contributed by atoms with E-state index in [2.05, 4.69) is 35.4 Å². The molecule has 0 aromatic carbocycles. The van der Waals surface area contributed by atoms with Gasteiger partial charge in [-0.15, -0.1) is 0 Å². The second kappa shape index (κ2) is 40.6. The Morgan fingerprint density at radius 3 is 0.781 bits per heavy atom. The van der Waals surface area contributed by atoms with E-state index in [9.17, 15) is 0 Å². The van der Waals surface area contributed by atoms with Gasteiger partial charge in [0.25, 0.3) is 0 Å². The summed E-state index contributed by atoms with van der Waals surface area (Å²) in [5, 5.41) is 0. The van der Waals surface area contributed by atoms with Gasteiger partial charge in [-0.25, -0.2) is 0 Å². The van der Waals surface area contributed by atoms with Crippen molar-refractivity contribution in [3.05, 3.63) is 90.8 Å². The molecule has 10 radical (unpaired) electrons. The van der Waals surface area contributed by atoms with Crippen LogP contribution in [0.15, 0.2) is 0 Å². The Hall–Kier alpha value is -0.774. The number of nitrogens with zero attached hydrogens (tertiary/aromatic N) is 2. The number of hydrogen-bond donors (Lipinski definition) is 0. The van der Waals surface area contributed by atoms with Crippen molar-refractivity contribution >= 4 is 13.2 Å². The van der Waals surface area contributed by atoms with Crippen LogP contribution >= 0.6 is 0 Å². The SMILES string of the molecule is C[N+](C)=[B-](O[C]#[Mo+])[B-](O[C]#[Mo+])=[N+](C)C.[C-]#[O+].[C-]#[O+].[C-]#[O+].[C-]#[O+].[CH]1[CH][CH][CH][CH]1.[CH]1[CH][CH][CH][CH]1. The van der Waals surface area contributed by atoms with Crippen LogP contribution in [-0.2, 0) is 66.2 Å². The molecular weight excluding hydrogens is 578 g/mol. The minimum Gasteiger partial charge on any atom is -0.0312 e.